The van der Waals surface area contributed by atoms with Crippen molar-refractivity contribution in [2.45, 2.75) is 56.9 Å². The van der Waals surface area contributed by atoms with Crippen molar-refractivity contribution < 1.29 is 9.47 Å². The van der Waals surface area contributed by atoms with Crippen molar-refractivity contribution in [2.24, 2.45) is 10.4 Å². The van der Waals surface area contributed by atoms with Crippen molar-refractivity contribution in [2.75, 3.05) is 66.2 Å². The predicted octanol–water partition coefficient (Wildman–Crippen LogP) is 2.72. The molecule has 4 aliphatic heterocycles. The highest BCUT2D eigenvalue weighted by atomic mass is 127. The summed E-state index contributed by atoms with van der Waals surface area (Å²) < 4.78 is 11.6. The van der Waals surface area contributed by atoms with Crippen LogP contribution in [0, 0.1) is 5.41 Å². The maximum absolute atomic E-state index is 5.86. The van der Waals surface area contributed by atoms with E-state index in [9.17, 15) is 0 Å². The molecule has 0 saturated carbocycles. The average Bonchev–Trinajstić information content (AvgIpc) is 3.26. The molecular formula is C21H39IN4O2. The quantitative estimate of drug-likeness (QED) is 0.363. The van der Waals surface area contributed by atoms with E-state index in [1.165, 1.54) is 51.6 Å². The summed E-state index contributed by atoms with van der Waals surface area (Å²) in [6, 6.07) is 0. The lowest BCUT2D eigenvalue weighted by atomic mass is 9.76. The second-order valence-electron chi connectivity index (χ2n) is 9.11. The zero-order chi connectivity index (χ0) is 18.6. The zero-order valence-corrected chi connectivity index (χ0v) is 19.9. The van der Waals surface area contributed by atoms with Crippen molar-refractivity contribution in [3.8, 4) is 0 Å². The van der Waals surface area contributed by atoms with Gasteiger partial charge in [-0.05, 0) is 64.5 Å². The van der Waals surface area contributed by atoms with Gasteiger partial charge in [-0.1, -0.05) is 0 Å². The molecule has 28 heavy (non-hydrogen) atoms. The smallest absolute Gasteiger partial charge is 0.193 e. The van der Waals surface area contributed by atoms with Gasteiger partial charge in [-0.3, -0.25) is 9.89 Å². The van der Waals surface area contributed by atoms with Crippen molar-refractivity contribution in [1.29, 1.82) is 0 Å². The molecule has 4 saturated heterocycles. The van der Waals surface area contributed by atoms with Crippen LogP contribution < -0.4 is 5.32 Å². The Morgan fingerprint density at radius 1 is 0.929 bits per heavy atom. The number of aliphatic imine (C=N–C) groups is 1. The molecule has 4 fully saturated rings. The minimum absolute atomic E-state index is 0. The standard InChI is InChI=1S/C21H38N4O2.HI/c1-22-19(24-10-4-6-20(17-24)7-5-13-27-18-20)23-16-21(8-14-26-15-9-21)25-11-2-3-12-25;/h2-18H2,1H3,(H,22,23);1H. The summed E-state index contributed by atoms with van der Waals surface area (Å²) >= 11 is 0. The van der Waals surface area contributed by atoms with Gasteiger partial charge in [0.15, 0.2) is 5.96 Å². The molecule has 0 aliphatic carbocycles. The lowest BCUT2D eigenvalue weighted by molar-refractivity contribution is -0.0378. The van der Waals surface area contributed by atoms with Crippen LogP contribution in [0.4, 0.5) is 0 Å². The number of nitrogens with zero attached hydrogens (tertiary/aromatic N) is 3. The third-order valence-corrected chi connectivity index (χ3v) is 7.35. The van der Waals surface area contributed by atoms with Crippen LogP contribution in [0.1, 0.15) is 51.4 Å². The van der Waals surface area contributed by atoms with E-state index in [0.717, 1.165) is 64.9 Å². The number of rotatable bonds is 3. The van der Waals surface area contributed by atoms with Crippen LogP contribution in [0.5, 0.6) is 0 Å². The van der Waals surface area contributed by atoms with Crippen LogP contribution in [0.3, 0.4) is 0 Å². The van der Waals surface area contributed by atoms with Gasteiger partial charge in [-0.15, -0.1) is 24.0 Å². The van der Waals surface area contributed by atoms with Gasteiger partial charge in [0.05, 0.1) is 6.61 Å². The van der Waals surface area contributed by atoms with E-state index < -0.39 is 0 Å². The average molecular weight is 506 g/mol. The maximum atomic E-state index is 5.86. The van der Waals surface area contributed by atoms with Gasteiger partial charge in [0.25, 0.3) is 0 Å². The van der Waals surface area contributed by atoms with E-state index >= 15 is 0 Å². The summed E-state index contributed by atoms with van der Waals surface area (Å²) in [6.07, 6.45) is 10.00. The lowest BCUT2D eigenvalue weighted by Gasteiger charge is -2.47. The third-order valence-electron chi connectivity index (χ3n) is 7.35. The van der Waals surface area contributed by atoms with Gasteiger partial charge in [0, 0.05) is 57.5 Å². The molecule has 0 bridgehead atoms. The van der Waals surface area contributed by atoms with Gasteiger partial charge in [0.1, 0.15) is 0 Å². The van der Waals surface area contributed by atoms with E-state index in [1.807, 2.05) is 7.05 Å². The van der Waals surface area contributed by atoms with E-state index in [0.29, 0.717) is 5.41 Å². The number of piperidine rings is 1. The molecule has 4 aliphatic rings. The molecule has 1 atom stereocenters. The largest absolute Gasteiger partial charge is 0.381 e. The Hall–Kier alpha value is -0.120. The molecular weight excluding hydrogens is 467 g/mol. The summed E-state index contributed by atoms with van der Waals surface area (Å²) in [4.78, 5) is 9.89. The fraction of sp³-hybridized carbons (Fsp3) is 0.952. The van der Waals surface area contributed by atoms with Crippen LogP contribution in [0.15, 0.2) is 4.99 Å². The van der Waals surface area contributed by atoms with Crippen LogP contribution in [-0.2, 0) is 9.47 Å². The highest BCUT2D eigenvalue weighted by molar-refractivity contribution is 14.0. The molecule has 4 heterocycles. The van der Waals surface area contributed by atoms with Gasteiger partial charge >= 0.3 is 0 Å². The highest BCUT2D eigenvalue weighted by Crippen LogP contribution is 2.37. The van der Waals surface area contributed by atoms with Crippen molar-refractivity contribution in [1.82, 2.24) is 15.1 Å². The van der Waals surface area contributed by atoms with Gasteiger partial charge in [0.2, 0.25) is 0 Å². The Balaban J connectivity index is 0.00000225. The van der Waals surface area contributed by atoms with E-state index in [-0.39, 0.29) is 29.5 Å². The number of ether oxygens (including phenoxy) is 2. The monoisotopic (exact) mass is 506 g/mol. The second-order valence-corrected chi connectivity index (χ2v) is 9.11. The van der Waals surface area contributed by atoms with Gasteiger partial charge < -0.3 is 19.7 Å². The topological polar surface area (TPSA) is 49.3 Å². The fourth-order valence-corrected chi connectivity index (χ4v) is 5.74. The summed E-state index contributed by atoms with van der Waals surface area (Å²) in [6.45, 7) is 9.32. The highest BCUT2D eigenvalue weighted by Gasteiger charge is 2.41. The second kappa shape index (κ2) is 10.3. The van der Waals surface area contributed by atoms with E-state index in [1.54, 1.807) is 0 Å². The van der Waals surface area contributed by atoms with Gasteiger partial charge in [-0.25, -0.2) is 0 Å². The van der Waals surface area contributed by atoms with E-state index in [2.05, 4.69) is 20.1 Å². The first-order valence-electron chi connectivity index (χ1n) is 11.1. The molecule has 6 nitrogen and oxygen atoms in total. The summed E-state index contributed by atoms with van der Waals surface area (Å²) in [5.41, 5.74) is 0.589. The first-order chi connectivity index (χ1) is 13.3. The molecule has 0 aromatic heterocycles. The number of guanidine groups is 1. The molecule has 7 heteroatoms. The molecule has 1 spiro atoms. The summed E-state index contributed by atoms with van der Waals surface area (Å²) in [5, 5.41) is 3.79. The number of halogens is 1. The van der Waals surface area contributed by atoms with Crippen LogP contribution in [0.2, 0.25) is 0 Å². The molecule has 0 amide bonds. The number of likely N-dealkylation sites (tertiary alicyclic amines) is 2. The Bertz CT molecular complexity index is 507. The third kappa shape index (κ3) is 4.95. The predicted molar refractivity (Wildman–Crippen MR) is 124 cm³/mol. The summed E-state index contributed by atoms with van der Waals surface area (Å²) in [5.74, 6) is 1.09. The Labute approximate surface area is 187 Å². The zero-order valence-electron chi connectivity index (χ0n) is 17.6. The molecule has 1 N–H and O–H groups in total. The Morgan fingerprint density at radius 3 is 2.36 bits per heavy atom. The van der Waals surface area contributed by atoms with Crippen molar-refractivity contribution >= 4 is 29.9 Å². The number of nitrogens with one attached hydrogen (secondary N) is 1. The molecule has 0 aromatic rings. The minimum atomic E-state index is 0. The SMILES string of the molecule is CN=C(NCC1(N2CCCC2)CCOCC1)N1CCCC2(CCCOC2)C1.I. The number of hydrogen-bond acceptors (Lipinski definition) is 4. The lowest BCUT2D eigenvalue weighted by Crippen LogP contribution is -2.60. The molecule has 4 rings (SSSR count). The van der Waals surface area contributed by atoms with Crippen LogP contribution in [-0.4, -0.2) is 87.5 Å². The molecule has 162 valence electrons. The fourth-order valence-electron chi connectivity index (χ4n) is 5.74. The van der Waals surface area contributed by atoms with Crippen molar-refractivity contribution in [3.63, 3.8) is 0 Å². The number of hydrogen-bond donors (Lipinski definition) is 1. The molecule has 0 aromatic carbocycles. The Morgan fingerprint density at radius 2 is 1.68 bits per heavy atom. The van der Waals surface area contributed by atoms with Crippen LogP contribution in [0.25, 0.3) is 0 Å². The minimum Gasteiger partial charge on any atom is -0.381 e. The molecule has 0 radical (unpaired) electrons. The van der Waals surface area contributed by atoms with Crippen molar-refractivity contribution in [3.05, 3.63) is 0 Å². The Kier molecular flexibility index (Phi) is 8.27. The van der Waals surface area contributed by atoms with Crippen LogP contribution >= 0.6 is 24.0 Å². The first kappa shape index (κ1) is 22.6. The van der Waals surface area contributed by atoms with E-state index in [4.69, 9.17) is 9.47 Å². The first-order valence-corrected chi connectivity index (χ1v) is 11.1. The normalized spacial score (nSPS) is 31.6. The van der Waals surface area contributed by atoms with Gasteiger partial charge in [-0.2, -0.15) is 0 Å². The molecule has 1 unspecified atom stereocenters. The summed E-state index contributed by atoms with van der Waals surface area (Å²) in [7, 11) is 1.94. The maximum Gasteiger partial charge on any atom is 0.193 e.